The highest BCUT2D eigenvalue weighted by Gasteiger charge is 2.29. The van der Waals surface area contributed by atoms with Crippen molar-refractivity contribution in [1.82, 2.24) is 4.90 Å². The molecular weight excluding hydrogens is 397 g/mol. The number of nitrogens with one attached hydrogen (secondary N) is 1. The zero-order valence-corrected chi connectivity index (χ0v) is 16.7. The summed E-state index contributed by atoms with van der Waals surface area (Å²) in [4.78, 5) is 26.1. The van der Waals surface area contributed by atoms with Gasteiger partial charge >= 0.3 is 0 Å². The van der Waals surface area contributed by atoms with Crippen molar-refractivity contribution >= 4 is 46.8 Å². The summed E-state index contributed by atoms with van der Waals surface area (Å²) < 4.78 is 0. The van der Waals surface area contributed by atoms with Crippen LogP contribution in [0.15, 0.2) is 48.5 Å². The predicted octanol–water partition coefficient (Wildman–Crippen LogP) is 4.10. The summed E-state index contributed by atoms with van der Waals surface area (Å²) in [5.41, 5.74) is 7.79. The molecule has 146 valence electrons. The number of carbonyl (C=O) groups is 2. The number of para-hydroxylation sites is 1. The van der Waals surface area contributed by atoms with Crippen LogP contribution in [0.2, 0.25) is 10.0 Å². The fraction of sp³-hybridized carbons (Fsp3) is 0.238. The number of carbonyl (C=O) groups excluding carboxylic acids is 2. The van der Waals surface area contributed by atoms with E-state index in [0.29, 0.717) is 27.8 Å². The fourth-order valence-corrected chi connectivity index (χ4v) is 3.70. The summed E-state index contributed by atoms with van der Waals surface area (Å²) in [7, 11) is 0. The van der Waals surface area contributed by atoms with Crippen molar-refractivity contribution < 1.29 is 9.59 Å². The molecule has 1 atom stereocenters. The highest BCUT2D eigenvalue weighted by molar-refractivity contribution is 6.42. The summed E-state index contributed by atoms with van der Waals surface area (Å²) >= 11 is 12.1. The largest absolute Gasteiger partial charge is 0.368 e. The summed E-state index contributed by atoms with van der Waals surface area (Å²) in [6.07, 6.45) is 4.74. The van der Waals surface area contributed by atoms with Gasteiger partial charge in [0.1, 0.15) is 0 Å². The molecule has 3 N–H and O–H groups in total. The quantitative estimate of drug-likeness (QED) is 0.694. The molecule has 1 saturated heterocycles. The van der Waals surface area contributed by atoms with E-state index in [1.165, 1.54) is 6.08 Å². The first-order chi connectivity index (χ1) is 13.5. The molecule has 3 rings (SSSR count). The number of primary amides is 1. The molecule has 0 aliphatic carbocycles. The first kappa shape index (κ1) is 20.4. The second-order valence-corrected chi connectivity index (χ2v) is 7.44. The normalized spacial score (nSPS) is 17.1. The summed E-state index contributed by atoms with van der Waals surface area (Å²) in [6.45, 7) is 1.36. The van der Waals surface area contributed by atoms with E-state index in [9.17, 15) is 9.59 Å². The van der Waals surface area contributed by atoms with E-state index in [1.54, 1.807) is 24.3 Å². The minimum absolute atomic E-state index is 0.256. The van der Waals surface area contributed by atoms with Crippen LogP contribution in [0.25, 0.3) is 6.08 Å². The third-order valence-electron chi connectivity index (χ3n) is 4.74. The van der Waals surface area contributed by atoms with Gasteiger partial charge in [-0.2, -0.15) is 0 Å². The number of hydrogen-bond acceptors (Lipinski definition) is 3. The minimum Gasteiger partial charge on any atom is -0.368 e. The highest BCUT2D eigenvalue weighted by atomic mass is 35.5. The molecule has 5 nitrogen and oxygen atoms in total. The molecule has 0 spiro atoms. The Labute approximate surface area is 174 Å². The van der Waals surface area contributed by atoms with Crippen molar-refractivity contribution in [2.45, 2.75) is 25.4 Å². The average molecular weight is 418 g/mol. The molecule has 1 heterocycles. The first-order valence-electron chi connectivity index (χ1n) is 9.00. The Morgan fingerprint density at radius 2 is 1.96 bits per heavy atom. The highest BCUT2D eigenvalue weighted by Crippen LogP contribution is 2.27. The number of nitrogens with zero attached hydrogens (tertiary/aromatic N) is 1. The average Bonchev–Trinajstić information content (AvgIpc) is 3.13. The molecule has 28 heavy (non-hydrogen) atoms. The van der Waals surface area contributed by atoms with Gasteiger partial charge in [-0.15, -0.1) is 0 Å². The van der Waals surface area contributed by atoms with Crippen molar-refractivity contribution in [3.8, 4) is 0 Å². The van der Waals surface area contributed by atoms with E-state index in [-0.39, 0.29) is 17.9 Å². The van der Waals surface area contributed by atoms with Crippen LogP contribution in [0, 0.1) is 0 Å². The Kier molecular flexibility index (Phi) is 6.73. The topological polar surface area (TPSA) is 75.4 Å². The second-order valence-electron chi connectivity index (χ2n) is 6.65. The van der Waals surface area contributed by atoms with Crippen molar-refractivity contribution in [3.05, 3.63) is 69.7 Å². The van der Waals surface area contributed by atoms with Crippen LogP contribution < -0.4 is 11.1 Å². The zero-order chi connectivity index (χ0) is 20.1. The lowest BCUT2D eigenvalue weighted by Crippen LogP contribution is -2.39. The lowest BCUT2D eigenvalue weighted by molar-refractivity contribution is -0.122. The van der Waals surface area contributed by atoms with E-state index < -0.39 is 0 Å². The number of hydrogen-bond donors (Lipinski definition) is 2. The SMILES string of the molecule is NC(=O)C1CCCN1Cc1ccccc1NC(=O)/C=C/c1cccc(Cl)c1Cl. The monoisotopic (exact) mass is 417 g/mol. The van der Waals surface area contributed by atoms with Gasteiger partial charge in [-0.1, -0.05) is 53.5 Å². The van der Waals surface area contributed by atoms with E-state index in [2.05, 4.69) is 10.2 Å². The third-order valence-corrected chi connectivity index (χ3v) is 5.57. The standard InChI is InChI=1S/C21H21Cl2N3O2/c22-16-7-3-6-14(20(16)23)10-11-19(27)25-17-8-2-1-5-15(17)13-26-12-4-9-18(26)21(24)28/h1-3,5-8,10-11,18H,4,9,12-13H2,(H2,24,28)(H,25,27)/b11-10+. The van der Waals surface area contributed by atoms with Gasteiger partial charge in [-0.3, -0.25) is 14.5 Å². The third kappa shape index (κ3) is 4.93. The Hall–Kier alpha value is -2.34. The van der Waals surface area contributed by atoms with Gasteiger partial charge in [0.05, 0.1) is 16.1 Å². The Morgan fingerprint density at radius 1 is 1.18 bits per heavy atom. The molecule has 0 aromatic heterocycles. The van der Waals surface area contributed by atoms with Gasteiger partial charge in [-0.25, -0.2) is 0 Å². The van der Waals surface area contributed by atoms with E-state index in [1.807, 2.05) is 24.3 Å². The van der Waals surface area contributed by atoms with Crippen molar-refractivity contribution in [2.75, 3.05) is 11.9 Å². The van der Waals surface area contributed by atoms with Crippen LogP contribution in [0.1, 0.15) is 24.0 Å². The lowest BCUT2D eigenvalue weighted by atomic mass is 10.1. The van der Waals surface area contributed by atoms with Crippen LogP contribution >= 0.6 is 23.2 Å². The van der Waals surface area contributed by atoms with Gasteiger partial charge < -0.3 is 11.1 Å². The smallest absolute Gasteiger partial charge is 0.248 e. The maximum Gasteiger partial charge on any atom is 0.248 e. The zero-order valence-electron chi connectivity index (χ0n) is 15.2. The lowest BCUT2D eigenvalue weighted by Gasteiger charge is -2.23. The van der Waals surface area contributed by atoms with Crippen LogP contribution in [0.3, 0.4) is 0 Å². The fourth-order valence-electron chi connectivity index (χ4n) is 3.33. The maximum absolute atomic E-state index is 12.4. The van der Waals surface area contributed by atoms with Gasteiger partial charge in [0.2, 0.25) is 11.8 Å². The molecule has 1 aliphatic rings. The van der Waals surface area contributed by atoms with E-state index in [4.69, 9.17) is 28.9 Å². The van der Waals surface area contributed by atoms with Crippen molar-refractivity contribution in [3.63, 3.8) is 0 Å². The van der Waals surface area contributed by atoms with Crippen LogP contribution in [0.4, 0.5) is 5.69 Å². The second kappa shape index (κ2) is 9.24. The van der Waals surface area contributed by atoms with E-state index >= 15 is 0 Å². The molecule has 0 bridgehead atoms. The van der Waals surface area contributed by atoms with Crippen molar-refractivity contribution in [2.24, 2.45) is 5.73 Å². The Bertz CT molecular complexity index is 914. The Balaban J connectivity index is 1.71. The molecule has 7 heteroatoms. The van der Waals surface area contributed by atoms with Gasteiger partial charge in [-0.05, 0) is 48.7 Å². The van der Waals surface area contributed by atoms with Gasteiger partial charge in [0.25, 0.3) is 0 Å². The molecule has 2 amide bonds. The summed E-state index contributed by atoms with van der Waals surface area (Å²) in [6, 6.07) is 12.5. The molecule has 0 radical (unpaired) electrons. The van der Waals surface area contributed by atoms with Crippen LogP contribution in [-0.4, -0.2) is 29.3 Å². The number of likely N-dealkylation sites (tertiary alicyclic amines) is 1. The summed E-state index contributed by atoms with van der Waals surface area (Å²) in [5, 5.41) is 3.73. The van der Waals surface area contributed by atoms with Crippen LogP contribution in [-0.2, 0) is 16.1 Å². The minimum atomic E-state index is -0.305. The van der Waals surface area contributed by atoms with Crippen LogP contribution in [0.5, 0.6) is 0 Å². The number of halogens is 2. The maximum atomic E-state index is 12.4. The molecule has 0 saturated carbocycles. The molecule has 2 aromatic rings. The van der Waals surface area contributed by atoms with E-state index in [0.717, 1.165) is 24.9 Å². The number of anilines is 1. The molecule has 1 aliphatic heterocycles. The van der Waals surface area contributed by atoms with Gasteiger partial charge in [0, 0.05) is 18.3 Å². The summed E-state index contributed by atoms with van der Waals surface area (Å²) in [5.74, 6) is -0.586. The molecule has 1 unspecified atom stereocenters. The number of nitrogens with two attached hydrogens (primary N) is 1. The molecule has 2 aromatic carbocycles. The predicted molar refractivity (Wildman–Crippen MR) is 113 cm³/mol. The molecular formula is C21H21Cl2N3O2. The number of amides is 2. The molecule has 1 fully saturated rings. The Morgan fingerprint density at radius 3 is 2.75 bits per heavy atom. The number of rotatable bonds is 6. The van der Waals surface area contributed by atoms with Crippen molar-refractivity contribution in [1.29, 1.82) is 0 Å². The van der Waals surface area contributed by atoms with Gasteiger partial charge in [0.15, 0.2) is 0 Å². The number of benzene rings is 2. The first-order valence-corrected chi connectivity index (χ1v) is 9.75.